The number of nitrogens with zero attached hydrogens (tertiary/aromatic N) is 3. The minimum Gasteiger partial charge on any atom is -0.356 e. The average Bonchev–Trinajstić information content (AvgIpc) is 2.79. The van der Waals surface area contributed by atoms with Crippen LogP contribution in [-0.2, 0) is 11.3 Å². The van der Waals surface area contributed by atoms with E-state index in [-0.39, 0.29) is 11.8 Å². The van der Waals surface area contributed by atoms with Gasteiger partial charge in [0, 0.05) is 36.4 Å². The first-order chi connectivity index (χ1) is 14.2. The summed E-state index contributed by atoms with van der Waals surface area (Å²) >= 11 is 6.19. The van der Waals surface area contributed by atoms with Gasteiger partial charge in [0.05, 0.1) is 5.92 Å². The zero-order chi connectivity index (χ0) is 20.1. The third-order valence-electron chi connectivity index (χ3n) is 5.20. The Labute approximate surface area is 175 Å². The SMILES string of the molecule is O=C(NCc1ccccc1Cl)[C@@H]1CCCN(c2ccnc(-c3ccccc3)n2)C1. The van der Waals surface area contributed by atoms with Gasteiger partial charge < -0.3 is 10.2 Å². The van der Waals surface area contributed by atoms with Gasteiger partial charge in [-0.15, -0.1) is 0 Å². The van der Waals surface area contributed by atoms with Gasteiger partial charge in [-0.1, -0.05) is 60.1 Å². The zero-order valence-corrected chi connectivity index (χ0v) is 16.8. The Morgan fingerprint density at radius 3 is 2.72 bits per heavy atom. The molecule has 148 valence electrons. The number of aromatic nitrogens is 2. The molecule has 6 heteroatoms. The molecule has 1 aliphatic rings. The van der Waals surface area contributed by atoms with Crippen LogP contribution in [0.4, 0.5) is 5.82 Å². The molecule has 0 saturated carbocycles. The van der Waals surface area contributed by atoms with Crippen LogP contribution in [0.1, 0.15) is 18.4 Å². The molecule has 1 fully saturated rings. The van der Waals surface area contributed by atoms with Crippen LogP contribution in [-0.4, -0.2) is 29.0 Å². The fourth-order valence-corrected chi connectivity index (χ4v) is 3.82. The van der Waals surface area contributed by atoms with E-state index < -0.39 is 0 Å². The summed E-state index contributed by atoms with van der Waals surface area (Å²) in [5.41, 5.74) is 1.92. The van der Waals surface area contributed by atoms with Crippen LogP contribution in [0, 0.1) is 5.92 Å². The second kappa shape index (κ2) is 9.05. The predicted molar refractivity (Wildman–Crippen MR) is 116 cm³/mol. The monoisotopic (exact) mass is 406 g/mol. The normalized spacial score (nSPS) is 16.4. The van der Waals surface area contributed by atoms with Crippen molar-refractivity contribution >= 4 is 23.3 Å². The number of anilines is 1. The molecular weight excluding hydrogens is 384 g/mol. The molecule has 4 rings (SSSR count). The van der Waals surface area contributed by atoms with Crippen LogP contribution in [0.25, 0.3) is 11.4 Å². The average molecular weight is 407 g/mol. The molecule has 1 amide bonds. The van der Waals surface area contributed by atoms with Crippen molar-refractivity contribution in [3.63, 3.8) is 0 Å². The maximum atomic E-state index is 12.7. The second-order valence-corrected chi connectivity index (χ2v) is 7.61. The van der Waals surface area contributed by atoms with Crippen LogP contribution in [0.5, 0.6) is 0 Å². The molecule has 0 radical (unpaired) electrons. The number of carbonyl (C=O) groups excluding carboxylic acids is 1. The first-order valence-corrected chi connectivity index (χ1v) is 10.2. The number of halogens is 1. The van der Waals surface area contributed by atoms with Gasteiger partial charge in [-0.2, -0.15) is 0 Å². The Kier molecular flexibility index (Phi) is 6.06. The van der Waals surface area contributed by atoms with Crippen molar-refractivity contribution in [2.24, 2.45) is 5.92 Å². The topological polar surface area (TPSA) is 58.1 Å². The molecule has 0 unspecified atom stereocenters. The van der Waals surface area contributed by atoms with Crippen molar-refractivity contribution in [1.29, 1.82) is 0 Å². The van der Waals surface area contributed by atoms with E-state index in [9.17, 15) is 4.79 Å². The zero-order valence-electron chi connectivity index (χ0n) is 16.1. The standard InChI is InChI=1S/C23H23ClN4O/c24-20-11-5-4-9-18(20)15-26-23(29)19-10-6-14-28(16-19)21-12-13-25-22(27-21)17-7-2-1-3-8-17/h1-5,7-9,11-13,19H,6,10,14-16H2,(H,26,29)/t19-/m1/s1. The Bertz CT molecular complexity index is 979. The van der Waals surface area contributed by atoms with Crippen molar-refractivity contribution in [2.45, 2.75) is 19.4 Å². The number of hydrogen-bond donors (Lipinski definition) is 1. The molecule has 1 N–H and O–H groups in total. The quantitative estimate of drug-likeness (QED) is 0.685. The van der Waals surface area contributed by atoms with Gasteiger partial charge in [0.25, 0.3) is 0 Å². The van der Waals surface area contributed by atoms with Crippen molar-refractivity contribution < 1.29 is 4.79 Å². The molecule has 0 bridgehead atoms. The highest BCUT2D eigenvalue weighted by atomic mass is 35.5. The smallest absolute Gasteiger partial charge is 0.225 e. The summed E-state index contributed by atoms with van der Waals surface area (Å²) in [5, 5.41) is 3.71. The molecule has 29 heavy (non-hydrogen) atoms. The van der Waals surface area contributed by atoms with Crippen LogP contribution < -0.4 is 10.2 Å². The molecule has 1 aliphatic heterocycles. The molecule has 0 spiro atoms. The van der Waals surface area contributed by atoms with E-state index in [0.29, 0.717) is 23.9 Å². The lowest BCUT2D eigenvalue weighted by atomic mass is 9.97. The van der Waals surface area contributed by atoms with E-state index in [4.69, 9.17) is 16.6 Å². The van der Waals surface area contributed by atoms with E-state index >= 15 is 0 Å². The highest BCUT2D eigenvalue weighted by Crippen LogP contribution is 2.24. The molecule has 5 nitrogen and oxygen atoms in total. The van der Waals surface area contributed by atoms with E-state index in [2.05, 4.69) is 15.2 Å². The van der Waals surface area contributed by atoms with Crippen LogP contribution >= 0.6 is 11.6 Å². The number of carbonyl (C=O) groups is 1. The Hall–Kier alpha value is -2.92. The summed E-state index contributed by atoms with van der Waals surface area (Å²) < 4.78 is 0. The van der Waals surface area contributed by atoms with Gasteiger partial charge in [0.1, 0.15) is 5.82 Å². The fourth-order valence-electron chi connectivity index (χ4n) is 3.62. The number of rotatable bonds is 5. The largest absolute Gasteiger partial charge is 0.356 e. The van der Waals surface area contributed by atoms with Crippen molar-refractivity contribution in [3.8, 4) is 11.4 Å². The van der Waals surface area contributed by atoms with Crippen molar-refractivity contribution in [3.05, 3.63) is 77.4 Å². The first-order valence-electron chi connectivity index (χ1n) is 9.85. The molecule has 3 aromatic rings. The minimum atomic E-state index is -0.0682. The van der Waals surface area contributed by atoms with Gasteiger partial charge >= 0.3 is 0 Å². The summed E-state index contributed by atoms with van der Waals surface area (Å²) in [6.07, 6.45) is 3.61. The van der Waals surface area contributed by atoms with Crippen molar-refractivity contribution in [1.82, 2.24) is 15.3 Å². The van der Waals surface area contributed by atoms with E-state index in [1.54, 1.807) is 6.20 Å². The van der Waals surface area contributed by atoms with Crippen LogP contribution in [0.3, 0.4) is 0 Å². The number of hydrogen-bond acceptors (Lipinski definition) is 4. The number of piperidine rings is 1. The van der Waals surface area contributed by atoms with Gasteiger partial charge in [-0.05, 0) is 30.5 Å². The highest BCUT2D eigenvalue weighted by Gasteiger charge is 2.26. The lowest BCUT2D eigenvalue weighted by molar-refractivity contribution is -0.125. The summed E-state index contributed by atoms with van der Waals surface area (Å²) in [4.78, 5) is 24.0. The van der Waals surface area contributed by atoms with Gasteiger partial charge in [-0.25, -0.2) is 9.97 Å². The second-order valence-electron chi connectivity index (χ2n) is 7.20. The maximum Gasteiger partial charge on any atom is 0.225 e. The van der Waals surface area contributed by atoms with Crippen molar-refractivity contribution in [2.75, 3.05) is 18.0 Å². The Morgan fingerprint density at radius 1 is 1.10 bits per heavy atom. The van der Waals surface area contributed by atoms with E-state index in [1.165, 1.54) is 0 Å². The third kappa shape index (κ3) is 4.74. The van der Waals surface area contributed by atoms with Crippen LogP contribution in [0.15, 0.2) is 66.9 Å². The molecule has 1 saturated heterocycles. The fraction of sp³-hybridized carbons (Fsp3) is 0.261. The van der Waals surface area contributed by atoms with Gasteiger partial charge in [0.2, 0.25) is 5.91 Å². The molecule has 1 aromatic heterocycles. The molecular formula is C23H23ClN4O. The van der Waals surface area contributed by atoms with Gasteiger partial charge in [-0.3, -0.25) is 4.79 Å². The Balaban J connectivity index is 1.42. The highest BCUT2D eigenvalue weighted by molar-refractivity contribution is 6.31. The summed E-state index contributed by atoms with van der Waals surface area (Å²) in [5.74, 6) is 1.56. The number of benzene rings is 2. The summed E-state index contributed by atoms with van der Waals surface area (Å²) in [6, 6.07) is 19.4. The minimum absolute atomic E-state index is 0.0620. The lowest BCUT2D eigenvalue weighted by Gasteiger charge is -2.33. The molecule has 0 aliphatic carbocycles. The van der Waals surface area contributed by atoms with E-state index in [1.807, 2.05) is 60.7 Å². The first kappa shape index (κ1) is 19.4. The van der Waals surface area contributed by atoms with Crippen LogP contribution in [0.2, 0.25) is 5.02 Å². The van der Waals surface area contributed by atoms with Gasteiger partial charge in [0.15, 0.2) is 5.82 Å². The lowest BCUT2D eigenvalue weighted by Crippen LogP contribution is -2.43. The summed E-state index contributed by atoms with van der Waals surface area (Å²) in [6.45, 7) is 1.99. The molecule has 2 heterocycles. The van der Waals surface area contributed by atoms with E-state index in [0.717, 1.165) is 36.3 Å². The maximum absolute atomic E-state index is 12.7. The predicted octanol–water partition coefficient (Wildman–Crippen LogP) is 4.33. The number of amides is 1. The molecule has 1 atom stereocenters. The molecule has 2 aromatic carbocycles. The number of nitrogens with one attached hydrogen (secondary N) is 1. The third-order valence-corrected chi connectivity index (χ3v) is 5.57. The Morgan fingerprint density at radius 2 is 1.90 bits per heavy atom. The summed E-state index contributed by atoms with van der Waals surface area (Å²) in [7, 11) is 0.